The standard InChI is InChI=1S/C13H22N2O/c1-4-5-6-7-11(2)15-12-8-9-14-13(10-12)16-3/h8-11H,4-7H2,1-3H3,(H,14,15). The first kappa shape index (κ1) is 12.8. The van der Waals surface area contributed by atoms with Gasteiger partial charge in [0.15, 0.2) is 0 Å². The molecule has 0 radical (unpaired) electrons. The summed E-state index contributed by atoms with van der Waals surface area (Å²) in [4.78, 5) is 4.08. The molecule has 0 aliphatic rings. The molecule has 0 spiro atoms. The van der Waals surface area contributed by atoms with Crippen molar-refractivity contribution in [2.24, 2.45) is 0 Å². The molecule has 16 heavy (non-hydrogen) atoms. The van der Waals surface area contributed by atoms with Crippen molar-refractivity contribution in [2.75, 3.05) is 12.4 Å². The molecular weight excluding hydrogens is 200 g/mol. The van der Waals surface area contributed by atoms with Gasteiger partial charge in [0.1, 0.15) is 0 Å². The summed E-state index contributed by atoms with van der Waals surface area (Å²) in [5.74, 6) is 0.658. The van der Waals surface area contributed by atoms with Gasteiger partial charge < -0.3 is 10.1 Å². The number of ether oxygens (including phenoxy) is 1. The van der Waals surface area contributed by atoms with E-state index in [-0.39, 0.29) is 0 Å². The van der Waals surface area contributed by atoms with Crippen LogP contribution in [-0.2, 0) is 0 Å². The van der Waals surface area contributed by atoms with Crippen molar-refractivity contribution >= 4 is 5.69 Å². The zero-order valence-electron chi connectivity index (χ0n) is 10.5. The molecule has 3 nitrogen and oxygen atoms in total. The molecular formula is C13H22N2O. The molecule has 0 saturated heterocycles. The summed E-state index contributed by atoms with van der Waals surface area (Å²) in [6.45, 7) is 4.44. The number of anilines is 1. The summed E-state index contributed by atoms with van der Waals surface area (Å²) in [7, 11) is 1.64. The second-order valence-corrected chi connectivity index (χ2v) is 4.13. The Morgan fingerprint density at radius 2 is 2.25 bits per heavy atom. The molecule has 3 heteroatoms. The molecule has 1 aromatic heterocycles. The van der Waals surface area contributed by atoms with E-state index >= 15 is 0 Å². The zero-order chi connectivity index (χ0) is 11.8. The second kappa shape index (κ2) is 7.09. The van der Waals surface area contributed by atoms with Gasteiger partial charge in [-0.2, -0.15) is 0 Å². The van der Waals surface area contributed by atoms with Gasteiger partial charge in [-0.05, 0) is 19.4 Å². The molecule has 0 fully saturated rings. The molecule has 1 atom stereocenters. The topological polar surface area (TPSA) is 34.2 Å². The molecule has 0 amide bonds. The number of hydrogen-bond acceptors (Lipinski definition) is 3. The van der Waals surface area contributed by atoms with Crippen LogP contribution in [0.4, 0.5) is 5.69 Å². The van der Waals surface area contributed by atoms with Gasteiger partial charge in [-0.3, -0.25) is 0 Å². The summed E-state index contributed by atoms with van der Waals surface area (Å²) >= 11 is 0. The molecule has 1 unspecified atom stereocenters. The van der Waals surface area contributed by atoms with Crippen molar-refractivity contribution in [3.63, 3.8) is 0 Å². The van der Waals surface area contributed by atoms with Crippen LogP contribution in [-0.4, -0.2) is 18.1 Å². The van der Waals surface area contributed by atoms with Gasteiger partial charge in [0, 0.05) is 24.0 Å². The Kier molecular flexibility index (Phi) is 5.68. The number of nitrogens with one attached hydrogen (secondary N) is 1. The first-order valence-electron chi connectivity index (χ1n) is 6.02. The Labute approximate surface area is 98.2 Å². The van der Waals surface area contributed by atoms with Crippen molar-refractivity contribution in [2.45, 2.75) is 45.6 Å². The lowest BCUT2D eigenvalue weighted by Gasteiger charge is -2.15. The molecule has 1 N–H and O–H groups in total. The van der Waals surface area contributed by atoms with Gasteiger partial charge in [0.05, 0.1) is 7.11 Å². The second-order valence-electron chi connectivity index (χ2n) is 4.13. The van der Waals surface area contributed by atoms with Crippen molar-refractivity contribution < 1.29 is 4.74 Å². The van der Waals surface area contributed by atoms with E-state index in [0.29, 0.717) is 11.9 Å². The highest BCUT2D eigenvalue weighted by Gasteiger charge is 2.02. The van der Waals surface area contributed by atoms with Crippen LogP contribution in [0.2, 0.25) is 0 Å². The number of aromatic nitrogens is 1. The molecule has 0 aliphatic heterocycles. The van der Waals surface area contributed by atoms with E-state index in [4.69, 9.17) is 4.74 Å². The van der Waals surface area contributed by atoms with Crippen molar-refractivity contribution in [1.29, 1.82) is 0 Å². The average molecular weight is 222 g/mol. The Balaban J connectivity index is 2.39. The van der Waals surface area contributed by atoms with Gasteiger partial charge in [-0.1, -0.05) is 26.2 Å². The van der Waals surface area contributed by atoms with Crippen LogP contribution in [0.25, 0.3) is 0 Å². The van der Waals surface area contributed by atoms with Crippen LogP contribution in [0.1, 0.15) is 39.5 Å². The van der Waals surface area contributed by atoms with Gasteiger partial charge in [0.25, 0.3) is 0 Å². The van der Waals surface area contributed by atoms with E-state index in [9.17, 15) is 0 Å². The summed E-state index contributed by atoms with van der Waals surface area (Å²) < 4.78 is 5.08. The zero-order valence-corrected chi connectivity index (χ0v) is 10.5. The minimum absolute atomic E-state index is 0.499. The van der Waals surface area contributed by atoms with Crippen LogP contribution in [0.15, 0.2) is 18.3 Å². The molecule has 1 aromatic rings. The van der Waals surface area contributed by atoms with Gasteiger partial charge in [0.2, 0.25) is 5.88 Å². The summed E-state index contributed by atoms with van der Waals surface area (Å²) in [5, 5.41) is 3.46. The van der Waals surface area contributed by atoms with Crippen molar-refractivity contribution in [3.05, 3.63) is 18.3 Å². The van der Waals surface area contributed by atoms with Crippen LogP contribution >= 0.6 is 0 Å². The Hall–Kier alpha value is -1.25. The van der Waals surface area contributed by atoms with Crippen molar-refractivity contribution in [3.8, 4) is 5.88 Å². The van der Waals surface area contributed by atoms with Gasteiger partial charge >= 0.3 is 0 Å². The molecule has 1 heterocycles. The van der Waals surface area contributed by atoms with Crippen LogP contribution in [0.3, 0.4) is 0 Å². The highest BCUT2D eigenvalue weighted by Crippen LogP contribution is 2.16. The SMILES string of the molecule is CCCCCC(C)Nc1ccnc(OC)c1. The summed E-state index contributed by atoms with van der Waals surface area (Å²) in [6.07, 6.45) is 6.84. The lowest BCUT2D eigenvalue weighted by atomic mass is 10.1. The monoisotopic (exact) mass is 222 g/mol. The molecule has 0 saturated carbocycles. The predicted molar refractivity (Wildman–Crippen MR) is 68.0 cm³/mol. The van der Waals surface area contributed by atoms with Crippen molar-refractivity contribution in [1.82, 2.24) is 4.98 Å². The summed E-state index contributed by atoms with van der Waals surface area (Å²) in [5.41, 5.74) is 1.08. The minimum atomic E-state index is 0.499. The fraction of sp³-hybridized carbons (Fsp3) is 0.615. The van der Waals surface area contributed by atoms with Crippen LogP contribution < -0.4 is 10.1 Å². The average Bonchev–Trinajstić information content (AvgIpc) is 2.29. The molecule has 90 valence electrons. The fourth-order valence-electron chi connectivity index (χ4n) is 1.67. The number of methoxy groups -OCH3 is 1. The lowest BCUT2D eigenvalue weighted by Crippen LogP contribution is -2.14. The molecule has 1 rings (SSSR count). The number of rotatable bonds is 7. The maximum absolute atomic E-state index is 5.08. The fourth-order valence-corrected chi connectivity index (χ4v) is 1.67. The first-order chi connectivity index (χ1) is 7.76. The van der Waals surface area contributed by atoms with Crippen LogP contribution in [0, 0.1) is 0 Å². The smallest absolute Gasteiger partial charge is 0.214 e. The number of nitrogens with zero attached hydrogens (tertiary/aromatic N) is 1. The first-order valence-corrected chi connectivity index (χ1v) is 6.02. The molecule has 0 aromatic carbocycles. The highest BCUT2D eigenvalue weighted by atomic mass is 16.5. The number of unbranched alkanes of at least 4 members (excludes halogenated alkanes) is 2. The van der Waals surface area contributed by atoms with Gasteiger partial charge in [-0.25, -0.2) is 4.98 Å². The maximum atomic E-state index is 5.08. The Bertz CT molecular complexity index is 302. The molecule has 0 bridgehead atoms. The van der Waals surface area contributed by atoms with E-state index in [1.54, 1.807) is 13.3 Å². The third kappa shape index (κ3) is 4.51. The van der Waals surface area contributed by atoms with E-state index in [0.717, 1.165) is 5.69 Å². The quantitative estimate of drug-likeness (QED) is 0.717. The molecule has 0 aliphatic carbocycles. The minimum Gasteiger partial charge on any atom is -0.481 e. The van der Waals surface area contributed by atoms with E-state index in [1.165, 1.54) is 25.7 Å². The Morgan fingerprint density at radius 1 is 1.44 bits per heavy atom. The van der Waals surface area contributed by atoms with E-state index < -0.39 is 0 Å². The Morgan fingerprint density at radius 3 is 2.94 bits per heavy atom. The number of pyridine rings is 1. The number of hydrogen-bond donors (Lipinski definition) is 1. The normalized spacial score (nSPS) is 12.2. The third-order valence-electron chi connectivity index (χ3n) is 2.60. The third-order valence-corrected chi connectivity index (χ3v) is 2.60. The predicted octanol–water partition coefficient (Wildman–Crippen LogP) is 3.47. The maximum Gasteiger partial charge on any atom is 0.214 e. The lowest BCUT2D eigenvalue weighted by molar-refractivity contribution is 0.398. The summed E-state index contributed by atoms with van der Waals surface area (Å²) in [6, 6.07) is 4.40. The van der Waals surface area contributed by atoms with E-state index in [2.05, 4.69) is 24.1 Å². The van der Waals surface area contributed by atoms with Gasteiger partial charge in [-0.15, -0.1) is 0 Å². The largest absolute Gasteiger partial charge is 0.481 e. The van der Waals surface area contributed by atoms with Crippen LogP contribution in [0.5, 0.6) is 5.88 Å². The van der Waals surface area contributed by atoms with E-state index in [1.807, 2.05) is 12.1 Å². The highest BCUT2D eigenvalue weighted by molar-refractivity contribution is 5.45.